The Hall–Kier alpha value is -0.461. The zero-order valence-electron chi connectivity index (χ0n) is 4.24. The Kier molecular flexibility index (Phi) is 1.95. The monoisotopic (exact) mass is 174 g/mol. The van der Waals surface area contributed by atoms with Crippen LogP contribution < -0.4 is 4.46 Å². The van der Waals surface area contributed by atoms with Crippen LogP contribution in [0.5, 0.6) is 0 Å². The summed E-state index contributed by atoms with van der Waals surface area (Å²) in [6, 6.07) is 9.44. The molecule has 0 N–H and O–H groups in total. The summed E-state index contributed by atoms with van der Waals surface area (Å²) in [6.07, 6.45) is 0. The summed E-state index contributed by atoms with van der Waals surface area (Å²) in [4.78, 5) is 0. The van der Waals surface area contributed by atoms with Crippen LogP contribution in [0.4, 0.5) is 0 Å². The molecule has 0 aliphatic rings. The normalized spacial score (nSPS) is 9.00. The van der Waals surface area contributed by atoms with Gasteiger partial charge < -0.3 is 0 Å². The topological polar surface area (TPSA) is 17.1 Å². The molecule has 0 aliphatic heterocycles. The second-order valence-corrected chi connectivity index (χ2v) is 2.89. The molecular weight excluding hydrogens is 167 g/mol. The van der Waals surface area contributed by atoms with Gasteiger partial charge >= 0.3 is 53.5 Å². The van der Waals surface area contributed by atoms with E-state index < -0.39 is 14.9 Å². The van der Waals surface area contributed by atoms with Crippen molar-refractivity contribution in [1.82, 2.24) is 0 Å². The van der Waals surface area contributed by atoms with Crippen molar-refractivity contribution in [2.24, 2.45) is 0 Å². The Morgan fingerprint density at radius 2 is 1.75 bits per heavy atom. The quantitative estimate of drug-likeness (QED) is 0.550. The van der Waals surface area contributed by atoms with Crippen LogP contribution in [0.3, 0.4) is 0 Å². The van der Waals surface area contributed by atoms with Gasteiger partial charge in [-0.3, -0.25) is 0 Å². The van der Waals surface area contributed by atoms with E-state index in [4.69, 9.17) is 0 Å². The zero-order valence-corrected chi connectivity index (χ0v) is 6.12. The molecule has 1 rings (SSSR count). The van der Waals surface area contributed by atoms with Crippen LogP contribution >= 0.6 is 0 Å². The molecular formula is C6H6OSe. The Morgan fingerprint density at radius 3 is 2.12 bits per heavy atom. The average molecular weight is 173 g/mol. The van der Waals surface area contributed by atoms with Gasteiger partial charge in [-0.2, -0.15) is 0 Å². The second-order valence-electron chi connectivity index (χ2n) is 1.43. The van der Waals surface area contributed by atoms with Crippen molar-refractivity contribution in [3.63, 3.8) is 0 Å². The van der Waals surface area contributed by atoms with E-state index in [9.17, 15) is 3.83 Å². The van der Waals surface area contributed by atoms with Crippen LogP contribution in [0.15, 0.2) is 30.3 Å². The van der Waals surface area contributed by atoms with Crippen LogP contribution in [0.25, 0.3) is 0 Å². The van der Waals surface area contributed by atoms with Crippen LogP contribution in [0.2, 0.25) is 0 Å². The first-order valence-electron chi connectivity index (χ1n) is 2.32. The fourth-order valence-corrected chi connectivity index (χ4v) is 1.11. The summed E-state index contributed by atoms with van der Waals surface area (Å²) in [7, 11) is 0. The summed E-state index contributed by atoms with van der Waals surface area (Å²) in [5.41, 5.74) is 0. The first kappa shape index (κ1) is 5.67. The van der Waals surface area contributed by atoms with Crippen molar-refractivity contribution in [3.05, 3.63) is 30.3 Å². The summed E-state index contributed by atoms with van der Waals surface area (Å²) >= 11 is -0.818. The number of hydrogen-bond donors (Lipinski definition) is 0. The molecule has 0 fully saturated rings. The fraction of sp³-hybridized carbons (Fsp3) is 0. The van der Waals surface area contributed by atoms with Crippen molar-refractivity contribution < 1.29 is 3.83 Å². The molecule has 0 spiro atoms. The zero-order chi connectivity index (χ0) is 5.82. The molecule has 0 radical (unpaired) electrons. The van der Waals surface area contributed by atoms with Crippen molar-refractivity contribution in [3.8, 4) is 0 Å². The van der Waals surface area contributed by atoms with Gasteiger partial charge in [0, 0.05) is 0 Å². The van der Waals surface area contributed by atoms with Crippen molar-refractivity contribution in [2.75, 3.05) is 0 Å². The predicted octanol–water partition coefficient (Wildman–Crippen LogP) is 0.0939. The van der Waals surface area contributed by atoms with Gasteiger partial charge in [-0.15, -0.1) is 0 Å². The Morgan fingerprint density at radius 1 is 1.12 bits per heavy atom. The third-order valence-electron chi connectivity index (χ3n) is 0.862. The average Bonchev–Trinajstić information content (AvgIpc) is 1.90. The molecule has 0 amide bonds. The van der Waals surface area contributed by atoms with Gasteiger partial charge in [-0.1, -0.05) is 0 Å². The van der Waals surface area contributed by atoms with Gasteiger partial charge in [-0.25, -0.2) is 0 Å². The van der Waals surface area contributed by atoms with E-state index in [-0.39, 0.29) is 0 Å². The molecule has 1 aromatic carbocycles. The third-order valence-corrected chi connectivity index (χ3v) is 1.93. The molecule has 0 aliphatic carbocycles. The molecule has 42 valence electrons. The van der Waals surface area contributed by atoms with Gasteiger partial charge in [0.15, 0.2) is 0 Å². The summed E-state index contributed by atoms with van der Waals surface area (Å²) in [6.45, 7) is 0. The third kappa shape index (κ3) is 1.25. The van der Waals surface area contributed by atoms with Gasteiger partial charge in [-0.05, 0) is 0 Å². The molecule has 1 nitrogen and oxygen atoms in total. The minimum absolute atomic E-state index is 0.818. The van der Waals surface area contributed by atoms with Crippen LogP contribution in [-0.4, -0.2) is 14.9 Å². The van der Waals surface area contributed by atoms with Crippen molar-refractivity contribution in [2.45, 2.75) is 0 Å². The van der Waals surface area contributed by atoms with Gasteiger partial charge in [0.25, 0.3) is 0 Å². The SMILES string of the molecule is O=[SeH]c1ccccc1. The van der Waals surface area contributed by atoms with Crippen LogP contribution in [0.1, 0.15) is 0 Å². The molecule has 0 unspecified atom stereocenters. The van der Waals surface area contributed by atoms with Crippen molar-refractivity contribution >= 4 is 19.4 Å². The molecule has 0 saturated heterocycles. The first-order chi connectivity index (χ1) is 3.93. The molecule has 0 atom stereocenters. The molecule has 2 heteroatoms. The van der Waals surface area contributed by atoms with E-state index in [0.717, 1.165) is 4.46 Å². The summed E-state index contributed by atoms with van der Waals surface area (Å²) < 4.78 is 11.2. The van der Waals surface area contributed by atoms with Gasteiger partial charge in [0.05, 0.1) is 0 Å². The van der Waals surface area contributed by atoms with E-state index >= 15 is 0 Å². The van der Waals surface area contributed by atoms with E-state index in [1.807, 2.05) is 30.3 Å². The van der Waals surface area contributed by atoms with Gasteiger partial charge in [0.1, 0.15) is 0 Å². The number of hydrogen-bond acceptors (Lipinski definition) is 1. The fourth-order valence-electron chi connectivity index (χ4n) is 0.489. The Balaban J connectivity index is 2.99. The molecule has 0 bridgehead atoms. The van der Waals surface area contributed by atoms with E-state index in [0.29, 0.717) is 0 Å². The Bertz CT molecular complexity index is 171. The first-order valence-corrected chi connectivity index (χ1v) is 4.02. The van der Waals surface area contributed by atoms with Crippen molar-refractivity contribution in [1.29, 1.82) is 0 Å². The standard InChI is InChI=1S/C6H6OSe/c7-8-6-4-2-1-3-5-6/h1-5,8H. The number of benzene rings is 1. The number of rotatable bonds is 1. The predicted molar refractivity (Wildman–Crippen MR) is 33.9 cm³/mol. The molecule has 8 heavy (non-hydrogen) atoms. The minimum atomic E-state index is -0.818. The summed E-state index contributed by atoms with van der Waals surface area (Å²) in [5, 5.41) is 0. The van der Waals surface area contributed by atoms with Gasteiger partial charge in [0.2, 0.25) is 0 Å². The maximum atomic E-state index is 10.2. The summed E-state index contributed by atoms with van der Waals surface area (Å²) in [5.74, 6) is 0. The molecule has 1 aromatic rings. The van der Waals surface area contributed by atoms with Crippen LogP contribution in [0, 0.1) is 0 Å². The Labute approximate surface area is 54.1 Å². The van der Waals surface area contributed by atoms with E-state index in [1.54, 1.807) is 0 Å². The second kappa shape index (κ2) is 2.75. The van der Waals surface area contributed by atoms with E-state index in [1.165, 1.54) is 0 Å². The molecule has 0 heterocycles. The van der Waals surface area contributed by atoms with Crippen LogP contribution in [-0.2, 0) is 3.83 Å². The molecule has 0 saturated carbocycles. The molecule has 0 aromatic heterocycles. The van der Waals surface area contributed by atoms with E-state index in [2.05, 4.69) is 0 Å². The maximum absolute atomic E-state index is 10.2.